The summed E-state index contributed by atoms with van der Waals surface area (Å²) in [5.74, 6) is -0.0402. The molecular formula is C18H17N5OS. The number of nitrogens with zero attached hydrogens (tertiary/aromatic N) is 3. The molecule has 0 aromatic carbocycles. The van der Waals surface area contributed by atoms with E-state index in [4.69, 9.17) is 0 Å². The largest absolute Gasteiger partial charge is 0.352 e. The number of hydrogen-bond donors (Lipinski definition) is 2. The van der Waals surface area contributed by atoms with Gasteiger partial charge >= 0.3 is 0 Å². The molecule has 0 unspecified atom stereocenters. The second-order valence-corrected chi connectivity index (χ2v) is 6.78. The molecule has 2 N–H and O–H groups in total. The van der Waals surface area contributed by atoms with E-state index in [0.29, 0.717) is 6.54 Å². The Kier molecular flexibility index (Phi) is 4.07. The zero-order valence-electron chi connectivity index (χ0n) is 13.7. The van der Waals surface area contributed by atoms with Crippen molar-refractivity contribution in [2.45, 2.75) is 19.9 Å². The fraction of sp³-hybridized carbons (Fsp3) is 0.167. The molecule has 0 radical (unpaired) electrons. The maximum absolute atomic E-state index is 12.4. The summed E-state index contributed by atoms with van der Waals surface area (Å²) >= 11 is 1.64. The standard InChI is InChI=1S/C18H17N5OS/c1-12-4-2-6-23-14(11-20-18(12)23)8-16(24)19-9-13-10-21-22-17(13)15-5-3-7-25-15/h2-7,10-11H,8-9H2,1H3,(H,19,24)(H,21,22). The van der Waals surface area contributed by atoms with Crippen LogP contribution < -0.4 is 5.32 Å². The van der Waals surface area contributed by atoms with Gasteiger partial charge in [-0.05, 0) is 30.0 Å². The van der Waals surface area contributed by atoms with Gasteiger partial charge in [-0.25, -0.2) is 4.98 Å². The maximum atomic E-state index is 12.4. The number of rotatable bonds is 5. The van der Waals surface area contributed by atoms with Crippen molar-refractivity contribution in [3.8, 4) is 10.6 Å². The number of H-pyrrole nitrogens is 1. The van der Waals surface area contributed by atoms with Crippen LogP contribution in [0, 0.1) is 6.92 Å². The molecule has 0 aliphatic heterocycles. The Labute approximate surface area is 148 Å². The molecular weight excluding hydrogens is 334 g/mol. The van der Waals surface area contributed by atoms with Crippen molar-refractivity contribution in [1.82, 2.24) is 24.9 Å². The highest BCUT2D eigenvalue weighted by molar-refractivity contribution is 7.13. The normalized spacial score (nSPS) is 11.1. The van der Waals surface area contributed by atoms with Crippen LogP contribution in [0.1, 0.15) is 16.8 Å². The first kappa shape index (κ1) is 15.6. The van der Waals surface area contributed by atoms with Gasteiger partial charge in [-0.15, -0.1) is 11.3 Å². The first-order chi connectivity index (χ1) is 12.2. The Bertz CT molecular complexity index is 1020. The van der Waals surface area contributed by atoms with Gasteiger partial charge in [0.15, 0.2) is 0 Å². The Morgan fingerprint density at radius 2 is 2.24 bits per heavy atom. The number of aryl methyl sites for hydroxylation is 1. The van der Waals surface area contributed by atoms with Crippen molar-refractivity contribution in [3.63, 3.8) is 0 Å². The predicted octanol–water partition coefficient (Wildman–Crippen LogP) is 2.95. The van der Waals surface area contributed by atoms with Gasteiger partial charge in [0.05, 0.1) is 28.9 Å². The predicted molar refractivity (Wildman–Crippen MR) is 97.4 cm³/mol. The Balaban J connectivity index is 1.45. The summed E-state index contributed by atoms with van der Waals surface area (Å²) in [5, 5.41) is 12.1. The summed E-state index contributed by atoms with van der Waals surface area (Å²) in [6, 6.07) is 8.00. The van der Waals surface area contributed by atoms with Crippen LogP contribution >= 0.6 is 11.3 Å². The number of nitrogens with one attached hydrogen (secondary N) is 2. The van der Waals surface area contributed by atoms with Crippen LogP contribution in [0.4, 0.5) is 0 Å². The Morgan fingerprint density at radius 3 is 3.08 bits per heavy atom. The number of aromatic amines is 1. The molecule has 4 heterocycles. The molecule has 4 rings (SSSR count). The van der Waals surface area contributed by atoms with E-state index >= 15 is 0 Å². The average Bonchev–Trinajstić information content (AvgIpc) is 3.34. The second kappa shape index (κ2) is 6.52. The van der Waals surface area contributed by atoms with Crippen LogP contribution in [-0.2, 0) is 17.8 Å². The smallest absolute Gasteiger partial charge is 0.226 e. The molecule has 0 fully saturated rings. The van der Waals surface area contributed by atoms with E-state index in [0.717, 1.165) is 33.0 Å². The van der Waals surface area contributed by atoms with E-state index in [2.05, 4.69) is 20.5 Å². The van der Waals surface area contributed by atoms with E-state index < -0.39 is 0 Å². The molecule has 6 nitrogen and oxygen atoms in total. The van der Waals surface area contributed by atoms with Gasteiger partial charge in [-0.3, -0.25) is 9.89 Å². The van der Waals surface area contributed by atoms with Crippen LogP contribution in [0.15, 0.2) is 48.2 Å². The van der Waals surface area contributed by atoms with Crippen molar-refractivity contribution in [2.24, 2.45) is 0 Å². The number of carbonyl (C=O) groups excluding carboxylic acids is 1. The van der Waals surface area contributed by atoms with Crippen LogP contribution in [0.2, 0.25) is 0 Å². The summed E-state index contributed by atoms with van der Waals surface area (Å²) in [6.45, 7) is 2.45. The number of pyridine rings is 1. The maximum Gasteiger partial charge on any atom is 0.226 e. The van der Waals surface area contributed by atoms with Crippen molar-refractivity contribution in [3.05, 3.63) is 65.1 Å². The number of fused-ring (bicyclic) bond motifs is 1. The van der Waals surface area contributed by atoms with Crippen molar-refractivity contribution >= 4 is 22.9 Å². The summed E-state index contributed by atoms with van der Waals surface area (Å²) < 4.78 is 1.96. The van der Waals surface area contributed by atoms with Crippen molar-refractivity contribution < 1.29 is 4.79 Å². The average molecular weight is 351 g/mol. The van der Waals surface area contributed by atoms with Gasteiger partial charge in [0.2, 0.25) is 5.91 Å². The van der Waals surface area contributed by atoms with Crippen LogP contribution in [0.25, 0.3) is 16.2 Å². The minimum absolute atomic E-state index is 0.0402. The molecule has 0 aliphatic carbocycles. The van der Waals surface area contributed by atoms with E-state index in [9.17, 15) is 4.79 Å². The lowest BCUT2D eigenvalue weighted by Gasteiger charge is -2.06. The number of aromatic nitrogens is 4. The van der Waals surface area contributed by atoms with Crippen LogP contribution in [0.5, 0.6) is 0 Å². The highest BCUT2D eigenvalue weighted by Gasteiger charge is 2.12. The molecule has 0 saturated heterocycles. The molecule has 7 heteroatoms. The number of amides is 1. The fourth-order valence-electron chi connectivity index (χ4n) is 2.83. The summed E-state index contributed by atoms with van der Waals surface area (Å²) in [5.41, 5.74) is 4.79. The molecule has 0 bridgehead atoms. The van der Waals surface area contributed by atoms with Gasteiger partial charge in [0.1, 0.15) is 5.65 Å². The lowest BCUT2D eigenvalue weighted by molar-refractivity contribution is -0.120. The molecule has 4 aromatic rings. The highest BCUT2D eigenvalue weighted by Crippen LogP contribution is 2.25. The monoisotopic (exact) mass is 351 g/mol. The van der Waals surface area contributed by atoms with Crippen molar-refractivity contribution in [2.75, 3.05) is 0 Å². The summed E-state index contributed by atoms with van der Waals surface area (Å²) in [6.07, 6.45) is 5.74. The van der Waals surface area contributed by atoms with Crippen molar-refractivity contribution in [1.29, 1.82) is 0 Å². The van der Waals surface area contributed by atoms with E-state index in [1.807, 2.05) is 47.2 Å². The van der Waals surface area contributed by atoms with Crippen LogP contribution in [0.3, 0.4) is 0 Å². The second-order valence-electron chi connectivity index (χ2n) is 5.84. The topological polar surface area (TPSA) is 75.1 Å². The lowest BCUT2D eigenvalue weighted by atomic mass is 10.2. The van der Waals surface area contributed by atoms with Crippen LogP contribution in [-0.4, -0.2) is 25.5 Å². The van der Waals surface area contributed by atoms with E-state index in [-0.39, 0.29) is 12.3 Å². The molecule has 25 heavy (non-hydrogen) atoms. The number of thiophene rings is 1. The quantitative estimate of drug-likeness (QED) is 0.580. The minimum Gasteiger partial charge on any atom is -0.352 e. The fourth-order valence-corrected chi connectivity index (χ4v) is 3.59. The van der Waals surface area contributed by atoms with Gasteiger partial charge in [0.25, 0.3) is 0 Å². The number of carbonyl (C=O) groups is 1. The summed E-state index contributed by atoms with van der Waals surface area (Å²) in [4.78, 5) is 17.9. The third kappa shape index (κ3) is 3.06. The first-order valence-electron chi connectivity index (χ1n) is 7.97. The highest BCUT2D eigenvalue weighted by atomic mass is 32.1. The molecule has 0 saturated carbocycles. The number of imidazole rings is 1. The Hall–Kier alpha value is -2.93. The molecule has 0 aliphatic rings. The SMILES string of the molecule is Cc1cccn2c(CC(=O)NCc3cn[nH]c3-c3cccs3)cnc12. The summed E-state index contributed by atoms with van der Waals surface area (Å²) in [7, 11) is 0. The third-order valence-electron chi connectivity index (χ3n) is 4.11. The first-order valence-corrected chi connectivity index (χ1v) is 8.84. The zero-order chi connectivity index (χ0) is 17.2. The lowest BCUT2D eigenvalue weighted by Crippen LogP contribution is -2.25. The van der Waals surface area contributed by atoms with Gasteiger partial charge < -0.3 is 9.72 Å². The van der Waals surface area contributed by atoms with Gasteiger partial charge in [-0.1, -0.05) is 12.1 Å². The third-order valence-corrected chi connectivity index (χ3v) is 5.00. The van der Waals surface area contributed by atoms with E-state index in [1.54, 1.807) is 23.7 Å². The zero-order valence-corrected chi connectivity index (χ0v) is 14.5. The number of hydrogen-bond acceptors (Lipinski definition) is 4. The minimum atomic E-state index is -0.0402. The van der Waals surface area contributed by atoms with E-state index in [1.165, 1.54) is 0 Å². The van der Waals surface area contributed by atoms with Gasteiger partial charge in [0, 0.05) is 24.5 Å². The molecule has 1 amide bonds. The van der Waals surface area contributed by atoms with Gasteiger partial charge in [-0.2, -0.15) is 5.10 Å². The molecule has 126 valence electrons. The molecule has 0 atom stereocenters. The molecule has 0 spiro atoms. The molecule has 4 aromatic heterocycles. The Morgan fingerprint density at radius 1 is 1.32 bits per heavy atom.